The van der Waals surface area contributed by atoms with Gasteiger partial charge >= 0.3 is 0 Å². The van der Waals surface area contributed by atoms with Crippen molar-refractivity contribution in [2.75, 3.05) is 22.4 Å². The second kappa shape index (κ2) is 11.4. The molecule has 0 spiro atoms. The van der Waals surface area contributed by atoms with E-state index in [2.05, 4.69) is 23.8 Å². The lowest BCUT2D eigenvalue weighted by Gasteiger charge is -2.34. The summed E-state index contributed by atoms with van der Waals surface area (Å²) in [5.41, 5.74) is 1.49. The van der Waals surface area contributed by atoms with E-state index >= 15 is 0 Å². The fourth-order valence-electron chi connectivity index (χ4n) is 3.25. The van der Waals surface area contributed by atoms with Crippen molar-refractivity contribution >= 4 is 27.5 Å². The summed E-state index contributed by atoms with van der Waals surface area (Å²) in [6.45, 7) is 8.50. The lowest BCUT2D eigenvalue weighted by atomic mass is 10.1. The fourth-order valence-corrected chi connectivity index (χ4v) is 5.92. The molecule has 6 nitrogen and oxygen atoms in total. The molecule has 0 N–H and O–H groups in total. The first-order valence-electron chi connectivity index (χ1n) is 10.1. The molecule has 1 unspecified atom stereocenters. The van der Waals surface area contributed by atoms with E-state index < -0.39 is 10.0 Å². The minimum atomic E-state index is -3.54. The molecular weight excluding hydrogens is 406 g/mol. The third-order valence-electron chi connectivity index (χ3n) is 4.35. The highest BCUT2D eigenvalue weighted by Gasteiger charge is 2.32. The van der Waals surface area contributed by atoms with Gasteiger partial charge in [0.15, 0.2) is 0 Å². The highest BCUT2D eigenvalue weighted by Crippen LogP contribution is 2.41. The summed E-state index contributed by atoms with van der Waals surface area (Å²) in [7, 11) is -3.54. The van der Waals surface area contributed by atoms with Gasteiger partial charge in [0, 0.05) is 22.9 Å². The number of rotatable bonds is 12. The number of sulfonamides is 1. The van der Waals surface area contributed by atoms with Crippen LogP contribution in [0.5, 0.6) is 5.75 Å². The predicted molar refractivity (Wildman–Crippen MR) is 120 cm³/mol. The Bertz CT molecular complexity index is 861. The molecule has 29 heavy (non-hydrogen) atoms. The summed E-state index contributed by atoms with van der Waals surface area (Å²) in [5.74, 6) is 1.66. The van der Waals surface area contributed by atoms with Crippen molar-refractivity contribution < 1.29 is 13.2 Å². The van der Waals surface area contributed by atoms with Crippen molar-refractivity contribution in [2.24, 2.45) is 0 Å². The Hall–Kier alpha value is -1.80. The van der Waals surface area contributed by atoms with Crippen molar-refractivity contribution in [3.05, 3.63) is 42.5 Å². The molecule has 0 radical (unpaired) electrons. The highest BCUT2D eigenvalue weighted by molar-refractivity contribution is 7.99. The van der Waals surface area contributed by atoms with Gasteiger partial charge in [0.05, 0.1) is 24.1 Å². The van der Waals surface area contributed by atoms with Crippen LogP contribution >= 0.6 is 11.8 Å². The predicted octanol–water partition coefficient (Wildman–Crippen LogP) is 5.07. The summed E-state index contributed by atoms with van der Waals surface area (Å²) in [4.78, 5) is 9.16. The lowest BCUT2D eigenvalue weighted by molar-refractivity contribution is 0.339. The van der Waals surface area contributed by atoms with Gasteiger partial charge in [-0.05, 0) is 43.7 Å². The van der Waals surface area contributed by atoms with Crippen molar-refractivity contribution in [1.82, 2.24) is 9.97 Å². The minimum Gasteiger partial charge on any atom is -0.494 e. The van der Waals surface area contributed by atoms with Crippen LogP contribution in [0.2, 0.25) is 0 Å². The minimum absolute atomic E-state index is 0.0876. The zero-order valence-corrected chi connectivity index (χ0v) is 19.3. The molecule has 2 rings (SSSR count). The molecule has 1 aromatic heterocycles. The molecule has 0 fully saturated rings. The largest absolute Gasteiger partial charge is 0.494 e. The van der Waals surface area contributed by atoms with Gasteiger partial charge in [-0.15, -0.1) is 11.8 Å². The summed E-state index contributed by atoms with van der Waals surface area (Å²) in [6, 6.07) is 5.29. The van der Waals surface area contributed by atoms with Crippen molar-refractivity contribution in [3.8, 4) is 5.75 Å². The van der Waals surface area contributed by atoms with E-state index in [0.717, 1.165) is 28.4 Å². The van der Waals surface area contributed by atoms with Gasteiger partial charge in [0.25, 0.3) is 0 Å². The van der Waals surface area contributed by atoms with Gasteiger partial charge in [-0.2, -0.15) is 0 Å². The Labute approximate surface area is 179 Å². The first kappa shape index (κ1) is 23.5. The van der Waals surface area contributed by atoms with Crippen LogP contribution in [0.25, 0.3) is 0 Å². The van der Waals surface area contributed by atoms with E-state index in [1.807, 2.05) is 32.0 Å². The molecule has 0 saturated heterocycles. The monoisotopic (exact) mass is 437 g/mol. The van der Waals surface area contributed by atoms with Crippen molar-refractivity contribution in [2.45, 2.75) is 57.9 Å². The van der Waals surface area contributed by atoms with Crippen LogP contribution < -0.4 is 9.04 Å². The maximum absolute atomic E-state index is 13.4. The average Bonchev–Trinajstić information content (AvgIpc) is 2.70. The first-order chi connectivity index (χ1) is 14.0. The molecule has 1 aromatic carbocycles. The van der Waals surface area contributed by atoms with E-state index in [0.29, 0.717) is 25.1 Å². The second-order valence-electron chi connectivity index (χ2n) is 6.58. The smallest absolute Gasteiger partial charge is 0.235 e. The van der Waals surface area contributed by atoms with Gasteiger partial charge in [-0.1, -0.05) is 27.2 Å². The molecular formula is C21H31N3O3S2. The molecule has 160 valence electrons. The van der Waals surface area contributed by atoms with E-state index in [1.165, 1.54) is 6.33 Å². The second-order valence-corrected chi connectivity index (χ2v) is 9.85. The Kier molecular flexibility index (Phi) is 9.23. The maximum atomic E-state index is 13.4. The Morgan fingerprint density at radius 1 is 1.10 bits per heavy atom. The van der Waals surface area contributed by atoms with Crippen molar-refractivity contribution in [3.63, 3.8) is 0 Å². The number of ether oxygens (including phenoxy) is 1. The number of benzene rings is 1. The Morgan fingerprint density at radius 3 is 2.41 bits per heavy atom. The van der Waals surface area contributed by atoms with E-state index in [-0.39, 0.29) is 11.8 Å². The Balaban J connectivity index is 2.67. The van der Waals surface area contributed by atoms with Crippen LogP contribution in [0, 0.1) is 0 Å². The fraction of sp³-hybridized carbons (Fsp3) is 0.524. The van der Waals surface area contributed by atoms with Gasteiger partial charge in [0.1, 0.15) is 12.1 Å². The normalized spacial score (nSPS) is 12.6. The van der Waals surface area contributed by atoms with E-state index in [4.69, 9.17) is 4.74 Å². The van der Waals surface area contributed by atoms with E-state index in [1.54, 1.807) is 28.5 Å². The van der Waals surface area contributed by atoms with Crippen LogP contribution in [0.1, 0.15) is 58.6 Å². The molecule has 0 aliphatic heterocycles. The summed E-state index contributed by atoms with van der Waals surface area (Å²) < 4.78 is 34.1. The van der Waals surface area contributed by atoms with Gasteiger partial charge < -0.3 is 4.74 Å². The number of thioether (sulfide) groups is 1. The molecule has 1 atom stereocenters. The third kappa shape index (κ3) is 6.09. The summed E-state index contributed by atoms with van der Waals surface area (Å²) in [6.07, 6.45) is 6.96. The standard InChI is InChI=1S/C21H31N3O3S2/c1-5-9-19(17-14-22-16-23-15-17)24(29(25,26)12-6-2)20-11-10-18(27-7-3)13-21(20)28-8-4/h10-11,13-16,19H,5-9,12H2,1-4H3. The van der Waals surface area contributed by atoms with Crippen LogP contribution in [0.4, 0.5) is 5.69 Å². The van der Waals surface area contributed by atoms with Gasteiger partial charge in [-0.3, -0.25) is 4.31 Å². The molecule has 8 heteroatoms. The number of nitrogens with zero attached hydrogens (tertiary/aromatic N) is 3. The highest BCUT2D eigenvalue weighted by atomic mass is 32.2. The summed E-state index contributed by atoms with van der Waals surface area (Å²) >= 11 is 1.62. The first-order valence-corrected chi connectivity index (χ1v) is 12.7. The SMILES string of the molecule is CCCC(c1cncnc1)N(c1ccc(OCC)cc1SCC)S(=O)(=O)CCC. The molecule has 0 amide bonds. The molecule has 0 saturated carbocycles. The topological polar surface area (TPSA) is 72.4 Å². The van der Waals surface area contributed by atoms with Crippen LogP contribution in [0.3, 0.4) is 0 Å². The number of hydrogen-bond acceptors (Lipinski definition) is 6. The quantitative estimate of drug-likeness (QED) is 0.431. The number of aromatic nitrogens is 2. The van der Waals surface area contributed by atoms with Crippen LogP contribution in [-0.2, 0) is 10.0 Å². The van der Waals surface area contributed by atoms with Crippen LogP contribution in [0.15, 0.2) is 41.8 Å². The zero-order valence-electron chi connectivity index (χ0n) is 17.7. The number of anilines is 1. The molecule has 0 aliphatic carbocycles. The summed E-state index contributed by atoms with van der Waals surface area (Å²) in [5, 5.41) is 0. The number of hydrogen-bond donors (Lipinski definition) is 0. The molecule has 0 aliphatic rings. The maximum Gasteiger partial charge on any atom is 0.235 e. The Morgan fingerprint density at radius 2 is 1.83 bits per heavy atom. The molecule has 1 heterocycles. The van der Waals surface area contributed by atoms with E-state index in [9.17, 15) is 8.42 Å². The molecule has 2 aromatic rings. The van der Waals surface area contributed by atoms with Gasteiger partial charge in [-0.25, -0.2) is 18.4 Å². The van der Waals surface area contributed by atoms with Gasteiger partial charge in [0.2, 0.25) is 10.0 Å². The lowest BCUT2D eigenvalue weighted by Crippen LogP contribution is -2.37. The van der Waals surface area contributed by atoms with Crippen molar-refractivity contribution in [1.29, 1.82) is 0 Å². The molecule has 0 bridgehead atoms. The zero-order chi connectivity index (χ0) is 21.3. The third-order valence-corrected chi connectivity index (χ3v) is 7.25. The average molecular weight is 438 g/mol. The van der Waals surface area contributed by atoms with Crippen LogP contribution in [-0.4, -0.2) is 36.5 Å².